The van der Waals surface area contributed by atoms with Crippen molar-refractivity contribution in [2.24, 2.45) is 13.0 Å². The largest absolute Gasteiger partial charge is 0.489 e. The van der Waals surface area contributed by atoms with Crippen molar-refractivity contribution in [3.63, 3.8) is 0 Å². The van der Waals surface area contributed by atoms with Crippen molar-refractivity contribution in [3.05, 3.63) is 83.7 Å². The van der Waals surface area contributed by atoms with Gasteiger partial charge in [0.1, 0.15) is 12.4 Å². The second-order valence-electron chi connectivity index (χ2n) is 8.68. The van der Waals surface area contributed by atoms with Gasteiger partial charge in [0.15, 0.2) is 0 Å². The summed E-state index contributed by atoms with van der Waals surface area (Å²) in [5.41, 5.74) is 4.84. The lowest BCUT2D eigenvalue weighted by Crippen LogP contribution is -2.39. The number of fused-ring (bicyclic) bond motifs is 1. The standard InChI is InChI=1S/C27H29N3O2/c1-29-26(22-13-15-23(16-14-22)32-19-20-8-3-2-4-9-20)24(18-28-29)27(31)30-17-7-11-21-10-5-6-12-25(21)30/h2-4,8-9,12-16,18,21H,5-7,10-11,17,19H2,1H3. The number of carbonyl (C=O) groups excluding carboxylic acids is 1. The van der Waals surface area contributed by atoms with Crippen molar-refractivity contribution < 1.29 is 9.53 Å². The van der Waals surface area contributed by atoms with Crippen LogP contribution in [-0.2, 0) is 13.7 Å². The number of carbonyl (C=O) groups is 1. The number of nitrogens with zero attached hydrogens (tertiary/aromatic N) is 3. The molecular formula is C27H29N3O2. The van der Waals surface area contributed by atoms with Crippen molar-refractivity contribution in [3.8, 4) is 17.0 Å². The number of hydrogen-bond donors (Lipinski definition) is 0. The molecule has 1 unspecified atom stereocenters. The van der Waals surface area contributed by atoms with Crippen LogP contribution in [0.3, 0.4) is 0 Å². The fourth-order valence-corrected chi connectivity index (χ4v) is 4.93. The van der Waals surface area contributed by atoms with Gasteiger partial charge in [0, 0.05) is 24.9 Å². The molecule has 1 aliphatic heterocycles. The van der Waals surface area contributed by atoms with Gasteiger partial charge in [-0.1, -0.05) is 36.4 Å². The van der Waals surface area contributed by atoms with Crippen LogP contribution in [0.5, 0.6) is 5.75 Å². The van der Waals surface area contributed by atoms with Gasteiger partial charge in [-0.2, -0.15) is 5.10 Å². The Hall–Kier alpha value is -3.34. The summed E-state index contributed by atoms with van der Waals surface area (Å²) >= 11 is 0. The highest BCUT2D eigenvalue weighted by molar-refractivity contribution is 6.01. The maximum Gasteiger partial charge on any atom is 0.261 e. The van der Waals surface area contributed by atoms with E-state index in [9.17, 15) is 4.79 Å². The fourth-order valence-electron chi connectivity index (χ4n) is 4.93. The van der Waals surface area contributed by atoms with Crippen LogP contribution < -0.4 is 4.74 Å². The lowest BCUT2D eigenvalue weighted by atomic mass is 9.84. The molecule has 1 aromatic heterocycles. The van der Waals surface area contributed by atoms with Crippen molar-refractivity contribution >= 4 is 5.91 Å². The van der Waals surface area contributed by atoms with Crippen molar-refractivity contribution in [2.75, 3.05) is 6.54 Å². The molecule has 5 rings (SSSR count). The zero-order chi connectivity index (χ0) is 21.9. The van der Waals surface area contributed by atoms with Crippen LogP contribution in [0.25, 0.3) is 11.3 Å². The quantitative estimate of drug-likeness (QED) is 0.534. The van der Waals surface area contributed by atoms with Gasteiger partial charge in [-0.25, -0.2) is 0 Å². The molecule has 1 atom stereocenters. The number of hydrogen-bond acceptors (Lipinski definition) is 3. The molecule has 0 N–H and O–H groups in total. The summed E-state index contributed by atoms with van der Waals surface area (Å²) in [6.07, 6.45) is 9.74. The van der Waals surface area contributed by atoms with Gasteiger partial charge in [0.2, 0.25) is 0 Å². The third-order valence-electron chi connectivity index (χ3n) is 6.56. The number of rotatable bonds is 5. The fraction of sp³-hybridized carbons (Fsp3) is 0.333. The third-order valence-corrected chi connectivity index (χ3v) is 6.56. The predicted molar refractivity (Wildman–Crippen MR) is 125 cm³/mol. The molecule has 1 amide bonds. The molecule has 1 saturated heterocycles. The second-order valence-corrected chi connectivity index (χ2v) is 8.68. The van der Waals surface area contributed by atoms with Crippen LogP contribution in [0, 0.1) is 5.92 Å². The highest BCUT2D eigenvalue weighted by Gasteiger charge is 2.32. The Morgan fingerprint density at radius 1 is 1.06 bits per heavy atom. The second kappa shape index (κ2) is 9.03. The van der Waals surface area contributed by atoms with E-state index in [4.69, 9.17) is 4.74 Å². The van der Waals surface area contributed by atoms with Crippen LogP contribution in [0.1, 0.15) is 48.0 Å². The molecule has 0 saturated carbocycles. The summed E-state index contributed by atoms with van der Waals surface area (Å²) in [4.78, 5) is 15.6. The van der Waals surface area contributed by atoms with Gasteiger partial charge in [0.25, 0.3) is 5.91 Å². The van der Waals surface area contributed by atoms with Crippen LogP contribution in [0.2, 0.25) is 0 Å². The van der Waals surface area contributed by atoms with Crippen molar-refractivity contribution in [1.29, 1.82) is 0 Å². The maximum atomic E-state index is 13.6. The molecule has 1 fully saturated rings. The Labute approximate surface area is 189 Å². The van der Waals surface area contributed by atoms with Gasteiger partial charge in [-0.3, -0.25) is 9.48 Å². The molecule has 164 valence electrons. The SMILES string of the molecule is Cn1ncc(C(=O)N2CCCC3CCCC=C32)c1-c1ccc(OCc2ccccc2)cc1. The molecule has 1 aliphatic carbocycles. The number of piperidine rings is 1. The number of ether oxygens (including phenoxy) is 1. The Morgan fingerprint density at radius 2 is 1.84 bits per heavy atom. The van der Waals surface area contributed by atoms with E-state index in [-0.39, 0.29) is 5.91 Å². The van der Waals surface area contributed by atoms with Gasteiger partial charge in [-0.05, 0) is 67.9 Å². The first-order chi connectivity index (χ1) is 15.7. The van der Waals surface area contributed by atoms with E-state index in [2.05, 4.69) is 23.3 Å². The number of benzene rings is 2. The van der Waals surface area contributed by atoms with Crippen LogP contribution in [-0.4, -0.2) is 27.1 Å². The van der Waals surface area contributed by atoms with E-state index in [0.29, 0.717) is 18.1 Å². The average molecular weight is 428 g/mol. The minimum absolute atomic E-state index is 0.0651. The molecular weight excluding hydrogens is 398 g/mol. The van der Waals surface area contributed by atoms with E-state index < -0.39 is 0 Å². The minimum Gasteiger partial charge on any atom is -0.489 e. The lowest BCUT2D eigenvalue weighted by molar-refractivity contribution is 0.0749. The normalized spacial score (nSPS) is 18.1. The summed E-state index contributed by atoms with van der Waals surface area (Å²) in [5, 5.41) is 4.43. The molecule has 0 spiro atoms. The first-order valence-corrected chi connectivity index (χ1v) is 11.5. The van der Waals surface area contributed by atoms with Gasteiger partial charge >= 0.3 is 0 Å². The van der Waals surface area contributed by atoms with Crippen LogP contribution >= 0.6 is 0 Å². The third kappa shape index (κ3) is 4.07. The minimum atomic E-state index is 0.0651. The topological polar surface area (TPSA) is 47.4 Å². The summed E-state index contributed by atoms with van der Waals surface area (Å²) in [5.74, 6) is 1.40. The molecule has 2 aromatic carbocycles. The Bertz CT molecular complexity index is 1120. The summed E-state index contributed by atoms with van der Waals surface area (Å²) in [6, 6.07) is 18.1. The molecule has 3 aromatic rings. The zero-order valence-corrected chi connectivity index (χ0v) is 18.5. The van der Waals surface area contributed by atoms with E-state index in [1.807, 2.05) is 54.4 Å². The molecule has 0 radical (unpaired) electrons. The van der Waals surface area contributed by atoms with Crippen LogP contribution in [0.15, 0.2) is 72.6 Å². The van der Waals surface area contributed by atoms with Gasteiger partial charge in [0.05, 0.1) is 17.5 Å². The number of aryl methyl sites for hydroxylation is 1. The first kappa shape index (κ1) is 20.6. The first-order valence-electron chi connectivity index (χ1n) is 11.5. The maximum absolute atomic E-state index is 13.6. The molecule has 5 heteroatoms. The van der Waals surface area contributed by atoms with Crippen molar-refractivity contribution in [2.45, 2.75) is 38.7 Å². The molecule has 5 nitrogen and oxygen atoms in total. The van der Waals surface area contributed by atoms with Crippen molar-refractivity contribution in [1.82, 2.24) is 14.7 Å². The lowest BCUT2D eigenvalue weighted by Gasteiger charge is -2.38. The van der Waals surface area contributed by atoms with Crippen LogP contribution in [0.4, 0.5) is 0 Å². The molecule has 32 heavy (non-hydrogen) atoms. The smallest absolute Gasteiger partial charge is 0.261 e. The summed E-state index contributed by atoms with van der Waals surface area (Å²) in [7, 11) is 1.89. The zero-order valence-electron chi connectivity index (χ0n) is 18.5. The van der Waals surface area contributed by atoms with Gasteiger partial charge < -0.3 is 9.64 Å². The van der Waals surface area contributed by atoms with Gasteiger partial charge in [-0.15, -0.1) is 0 Å². The monoisotopic (exact) mass is 427 g/mol. The highest BCUT2D eigenvalue weighted by Crippen LogP contribution is 2.37. The Kier molecular flexibility index (Phi) is 5.80. The molecule has 0 bridgehead atoms. The summed E-state index contributed by atoms with van der Waals surface area (Å²) < 4.78 is 7.72. The average Bonchev–Trinajstić information content (AvgIpc) is 3.24. The number of allylic oxidation sites excluding steroid dienone is 2. The summed E-state index contributed by atoms with van der Waals surface area (Å²) in [6.45, 7) is 1.32. The van der Waals surface area contributed by atoms with E-state index >= 15 is 0 Å². The Morgan fingerprint density at radius 3 is 2.66 bits per heavy atom. The number of aromatic nitrogens is 2. The predicted octanol–water partition coefficient (Wildman–Crippen LogP) is 5.59. The number of likely N-dealkylation sites (tertiary alicyclic amines) is 1. The Balaban J connectivity index is 1.36. The van der Waals surface area contributed by atoms with E-state index in [0.717, 1.165) is 42.0 Å². The van der Waals surface area contributed by atoms with E-state index in [1.165, 1.54) is 25.0 Å². The number of amides is 1. The molecule has 2 heterocycles. The highest BCUT2D eigenvalue weighted by atomic mass is 16.5. The molecule has 2 aliphatic rings. The van der Waals surface area contributed by atoms with E-state index in [1.54, 1.807) is 10.9 Å².